The van der Waals surface area contributed by atoms with Crippen LogP contribution in [0, 0.1) is 0 Å². The van der Waals surface area contributed by atoms with E-state index < -0.39 is 15.4 Å². The zero-order valence-corrected chi connectivity index (χ0v) is 10.8. The van der Waals surface area contributed by atoms with Crippen LogP contribution in [0.4, 0.5) is 4.79 Å². The van der Waals surface area contributed by atoms with E-state index in [1.165, 1.54) is 0 Å². The largest absolute Gasteiger partial charge is 0.450 e. The van der Waals surface area contributed by atoms with Gasteiger partial charge in [0.15, 0.2) is 0 Å². The maximum atomic E-state index is 11.0. The van der Waals surface area contributed by atoms with Crippen molar-refractivity contribution in [2.24, 2.45) is 0 Å². The highest BCUT2D eigenvalue weighted by atomic mass is 28.3. The maximum absolute atomic E-state index is 11.0. The summed E-state index contributed by atoms with van der Waals surface area (Å²) in [4.78, 5) is 11.0. The van der Waals surface area contributed by atoms with Gasteiger partial charge < -0.3 is 18.9 Å². The highest BCUT2D eigenvalue weighted by Crippen LogP contribution is 1.95. The van der Waals surface area contributed by atoms with Gasteiger partial charge in [-0.1, -0.05) is 0 Å². The molecule has 0 aliphatic carbocycles. The summed E-state index contributed by atoms with van der Waals surface area (Å²) in [6.07, 6.45) is 0.0803. The molecule has 0 aromatic carbocycles. The second-order valence-corrected chi connectivity index (χ2v) is 4.67. The molecular formula is C9H20NO4Si. The Kier molecular flexibility index (Phi) is 8.35. The monoisotopic (exact) mass is 234 g/mol. The highest BCUT2D eigenvalue weighted by molar-refractivity contribution is 6.45. The molecular weight excluding hydrogens is 214 g/mol. The molecule has 1 N–H and O–H groups in total. The van der Waals surface area contributed by atoms with E-state index in [2.05, 4.69) is 5.32 Å². The van der Waals surface area contributed by atoms with Gasteiger partial charge in [-0.2, -0.15) is 0 Å². The van der Waals surface area contributed by atoms with E-state index in [1.807, 2.05) is 20.8 Å². The van der Waals surface area contributed by atoms with Crippen LogP contribution in [0.5, 0.6) is 0 Å². The van der Waals surface area contributed by atoms with Crippen LogP contribution in [0.25, 0.3) is 0 Å². The quantitative estimate of drug-likeness (QED) is 0.673. The first-order chi connectivity index (χ1) is 7.10. The molecule has 5 nitrogen and oxygen atoms in total. The fraction of sp³-hybridized carbons (Fsp3) is 0.889. The van der Waals surface area contributed by atoms with Crippen molar-refractivity contribution >= 4 is 15.4 Å². The molecule has 15 heavy (non-hydrogen) atoms. The van der Waals surface area contributed by atoms with E-state index in [4.69, 9.17) is 13.6 Å². The minimum absolute atomic E-state index is 0.106. The van der Waals surface area contributed by atoms with Crippen LogP contribution in [0.1, 0.15) is 27.7 Å². The molecule has 1 radical (unpaired) electrons. The minimum atomic E-state index is -1.42. The van der Waals surface area contributed by atoms with Crippen molar-refractivity contribution in [3.63, 3.8) is 0 Å². The van der Waals surface area contributed by atoms with Crippen molar-refractivity contribution in [3.05, 3.63) is 0 Å². The van der Waals surface area contributed by atoms with Crippen molar-refractivity contribution in [1.29, 1.82) is 0 Å². The fourth-order valence-electron chi connectivity index (χ4n) is 0.877. The molecule has 6 heteroatoms. The Bertz CT molecular complexity index is 177. The van der Waals surface area contributed by atoms with Crippen molar-refractivity contribution in [2.45, 2.75) is 33.8 Å². The number of hydrogen-bond acceptors (Lipinski definition) is 4. The third-order valence-corrected chi connectivity index (χ3v) is 3.14. The zero-order valence-electron chi connectivity index (χ0n) is 9.83. The van der Waals surface area contributed by atoms with Crippen LogP contribution >= 0.6 is 0 Å². The molecule has 0 rings (SSSR count). The highest BCUT2D eigenvalue weighted by Gasteiger charge is 2.18. The molecule has 0 aromatic heterocycles. The first kappa shape index (κ1) is 14.4. The van der Waals surface area contributed by atoms with Gasteiger partial charge in [-0.25, -0.2) is 4.79 Å². The van der Waals surface area contributed by atoms with E-state index in [-0.39, 0.29) is 6.10 Å². The number of carbonyl (C=O) groups is 1. The Balaban J connectivity index is 3.78. The van der Waals surface area contributed by atoms with Crippen molar-refractivity contribution in [2.75, 3.05) is 19.4 Å². The van der Waals surface area contributed by atoms with E-state index in [0.717, 1.165) is 0 Å². The SMILES string of the molecule is CCOC(=O)NC[Si](OCC)OC(C)C. The molecule has 1 amide bonds. The average molecular weight is 234 g/mol. The Morgan fingerprint density at radius 1 is 1.33 bits per heavy atom. The maximum Gasteiger partial charge on any atom is 0.406 e. The second kappa shape index (κ2) is 8.69. The van der Waals surface area contributed by atoms with Gasteiger partial charge >= 0.3 is 15.4 Å². The third kappa shape index (κ3) is 8.40. The van der Waals surface area contributed by atoms with E-state index in [9.17, 15) is 4.79 Å². The van der Waals surface area contributed by atoms with Gasteiger partial charge in [0.05, 0.1) is 12.8 Å². The number of rotatable bonds is 7. The van der Waals surface area contributed by atoms with E-state index in [0.29, 0.717) is 19.4 Å². The van der Waals surface area contributed by atoms with Crippen LogP contribution in [0.2, 0.25) is 0 Å². The first-order valence-electron chi connectivity index (χ1n) is 5.16. The molecule has 0 saturated carbocycles. The van der Waals surface area contributed by atoms with Crippen LogP contribution in [-0.2, 0) is 13.6 Å². The van der Waals surface area contributed by atoms with Gasteiger partial charge in [0.2, 0.25) is 0 Å². The molecule has 0 spiro atoms. The topological polar surface area (TPSA) is 56.8 Å². The first-order valence-corrected chi connectivity index (χ1v) is 6.68. The molecule has 0 bridgehead atoms. The van der Waals surface area contributed by atoms with Gasteiger partial charge in [-0.3, -0.25) is 0 Å². The summed E-state index contributed by atoms with van der Waals surface area (Å²) in [5.74, 6) is 0. The number of carbonyl (C=O) groups excluding carboxylic acids is 1. The lowest BCUT2D eigenvalue weighted by Gasteiger charge is -2.17. The second-order valence-electron chi connectivity index (χ2n) is 3.05. The van der Waals surface area contributed by atoms with Crippen LogP contribution in [0.15, 0.2) is 0 Å². The summed E-state index contributed by atoms with van der Waals surface area (Å²) in [6, 6.07) is 0. The van der Waals surface area contributed by atoms with Gasteiger partial charge in [0.1, 0.15) is 0 Å². The lowest BCUT2D eigenvalue weighted by Crippen LogP contribution is -2.40. The molecule has 89 valence electrons. The number of ether oxygens (including phenoxy) is 1. The minimum Gasteiger partial charge on any atom is -0.450 e. The van der Waals surface area contributed by atoms with E-state index >= 15 is 0 Å². The lowest BCUT2D eigenvalue weighted by atomic mass is 10.5. The summed E-state index contributed by atoms with van der Waals surface area (Å²) < 4.78 is 15.6. The average Bonchev–Trinajstić information content (AvgIpc) is 2.14. The van der Waals surface area contributed by atoms with Crippen LogP contribution < -0.4 is 5.32 Å². The Morgan fingerprint density at radius 2 is 2.00 bits per heavy atom. The van der Waals surface area contributed by atoms with Gasteiger partial charge in [-0.05, 0) is 27.7 Å². The summed E-state index contributed by atoms with van der Waals surface area (Å²) in [7, 11) is -1.42. The Labute approximate surface area is 92.9 Å². The molecule has 0 aliphatic rings. The summed E-state index contributed by atoms with van der Waals surface area (Å²) >= 11 is 0. The molecule has 0 aliphatic heterocycles. The molecule has 0 unspecified atom stereocenters. The predicted octanol–water partition coefficient (Wildman–Crippen LogP) is 1.22. The summed E-state index contributed by atoms with van der Waals surface area (Å²) in [5.41, 5.74) is 0. The normalized spacial score (nSPS) is 10.8. The van der Waals surface area contributed by atoms with Gasteiger partial charge in [0, 0.05) is 12.7 Å². The number of hydrogen-bond donors (Lipinski definition) is 1. The number of nitrogens with one attached hydrogen (secondary N) is 1. The van der Waals surface area contributed by atoms with Crippen molar-refractivity contribution in [3.8, 4) is 0 Å². The van der Waals surface area contributed by atoms with Crippen molar-refractivity contribution < 1.29 is 18.4 Å². The van der Waals surface area contributed by atoms with Crippen LogP contribution in [-0.4, -0.2) is 40.9 Å². The third-order valence-electron chi connectivity index (χ3n) is 1.32. The van der Waals surface area contributed by atoms with Crippen molar-refractivity contribution in [1.82, 2.24) is 5.32 Å². The number of amides is 1. The van der Waals surface area contributed by atoms with Gasteiger partial charge in [0.25, 0.3) is 0 Å². The fourth-order valence-corrected chi connectivity index (χ4v) is 2.27. The molecule has 0 saturated heterocycles. The van der Waals surface area contributed by atoms with E-state index in [1.54, 1.807) is 6.92 Å². The molecule has 0 heterocycles. The Hall–Kier alpha value is -0.593. The standard InChI is InChI=1S/C9H20NO4Si/c1-5-12-9(11)10-7-15(13-6-2)14-8(3)4/h8H,5-7H2,1-4H3,(H,10,11). The Morgan fingerprint density at radius 3 is 2.47 bits per heavy atom. The predicted molar refractivity (Wildman–Crippen MR) is 58.6 cm³/mol. The lowest BCUT2D eigenvalue weighted by molar-refractivity contribution is 0.144. The van der Waals surface area contributed by atoms with Crippen LogP contribution in [0.3, 0.4) is 0 Å². The summed E-state index contributed by atoms with van der Waals surface area (Å²) in [5, 5.41) is 2.61. The zero-order chi connectivity index (χ0) is 11.7. The number of alkyl carbamates (subject to hydrolysis) is 1. The molecule has 0 atom stereocenters. The smallest absolute Gasteiger partial charge is 0.406 e. The van der Waals surface area contributed by atoms with Gasteiger partial charge in [-0.15, -0.1) is 0 Å². The molecule has 0 aromatic rings. The molecule has 0 fully saturated rings. The summed E-state index contributed by atoms with van der Waals surface area (Å²) in [6.45, 7) is 8.50.